The van der Waals surface area contributed by atoms with E-state index in [4.69, 9.17) is 26.8 Å². The maximum absolute atomic E-state index is 13.5. The zero-order chi connectivity index (χ0) is 25.1. The average Bonchev–Trinajstić information content (AvgIpc) is 3.09. The largest absolute Gasteiger partial charge is 0.493 e. The van der Waals surface area contributed by atoms with Crippen LogP contribution in [0.2, 0.25) is 0 Å². The second-order valence-corrected chi connectivity index (χ2v) is 9.28. The number of carboxylic acid groups (broad SMARTS) is 1. The molecule has 1 amide bonds. The number of amides is 1. The number of hydrogen-bond donors (Lipinski definition) is 1. The summed E-state index contributed by atoms with van der Waals surface area (Å²) in [6, 6.07) is 10.5. The SMILES string of the molecule is COc1ccccc1Oc1nc2c(C)cccn2c(=O)c1/C=C1/SC(=S)N(CCCC(=O)O)C1=O. The number of aryl methyl sites for hydroxylation is 1. The third kappa shape index (κ3) is 5.05. The fraction of sp³-hybridized carbons (Fsp3) is 0.208. The molecule has 0 bridgehead atoms. The van der Waals surface area contributed by atoms with E-state index in [1.54, 1.807) is 36.5 Å². The molecule has 1 saturated heterocycles. The van der Waals surface area contributed by atoms with Gasteiger partial charge in [-0.05, 0) is 43.2 Å². The van der Waals surface area contributed by atoms with Gasteiger partial charge in [0, 0.05) is 19.2 Å². The number of aliphatic carboxylic acids is 1. The zero-order valence-corrected chi connectivity index (χ0v) is 20.5. The molecule has 3 aromatic rings. The normalized spacial score (nSPS) is 14.7. The number of rotatable bonds is 8. The number of para-hydroxylation sites is 2. The highest BCUT2D eigenvalue weighted by Crippen LogP contribution is 2.36. The molecule has 1 aliphatic heterocycles. The lowest BCUT2D eigenvalue weighted by atomic mass is 10.2. The van der Waals surface area contributed by atoms with Crippen molar-refractivity contribution in [3.63, 3.8) is 0 Å². The molecule has 180 valence electrons. The van der Waals surface area contributed by atoms with E-state index in [1.165, 1.54) is 22.5 Å². The van der Waals surface area contributed by atoms with Crippen LogP contribution in [0.15, 0.2) is 52.3 Å². The van der Waals surface area contributed by atoms with E-state index in [0.29, 0.717) is 21.5 Å². The second-order valence-electron chi connectivity index (χ2n) is 7.60. The maximum atomic E-state index is 13.5. The lowest BCUT2D eigenvalue weighted by Gasteiger charge is -2.14. The summed E-state index contributed by atoms with van der Waals surface area (Å²) in [5, 5.41) is 8.87. The van der Waals surface area contributed by atoms with Crippen LogP contribution in [0.1, 0.15) is 24.0 Å². The minimum atomic E-state index is -0.949. The van der Waals surface area contributed by atoms with Crippen molar-refractivity contribution in [2.24, 2.45) is 0 Å². The number of hydrogen-bond acceptors (Lipinski definition) is 8. The number of fused-ring (bicyclic) bond motifs is 1. The Kier molecular flexibility index (Phi) is 7.17. The number of nitrogens with zero attached hydrogens (tertiary/aromatic N) is 3. The van der Waals surface area contributed by atoms with Crippen molar-refractivity contribution in [1.29, 1.82) is 0 Å². The van der Waals surface area contributed by atoms with Crippen molar-refractivity contribution in [1.82, 2.24) is 14.3 Å². The molecule has 0 radical (unpaired) electrons. The molecule has 4 rings (SSSR count). The minimum absolute atomic E-state index is 0.0185. The molecule has 0 saturated carbocycles. The molecule has 11 heteroatoms. The lowest BCUT2D eigenvalue weighted by Crippen LogP contribution is -2.29. The number of pyridine rings is 1. The number of carbonyl (C=O) groups excluding carboxylic acids is 1. The van der Waals surface area contributed by atoms with Crippen molar-refractivity contribution in [3.05, 3.63) is 69.0 Å². The quantitative estimate of drug-likeness (QED) is 0.356. The third-order valence-electron chi connectivity index (χ3n) is 5.25. The van der Waals surface area contributed by atoms with Crippen molar-refractivity contribution in [2.75, 3.05) is 13.7 Å². The van der Waals surface area contributed by atoms with Crippen molar-refractivity contribution in [3.8, 4) is 17.4 Å². The van der Waals surface area contributed by atoms with Gasteiger partial charge < -0.3 is 14.6 Å². The van der Waals surface area contributed by atoms with E-state index >= 15 is 0 Å². The molecule has 3 heterocycles. The van der Waals surface area contributed by atoms with Crippen LogP contribution < -0.4 is 15.0 Å². The number of aromatic nitrogens is 2. The molecular weight excluding hydrogens is 490 g/mol. The number of benzene rings is 1. The number of methoxy groups -OCH3 is 1. The molecule has 1 fully saturated rings. The number of thiocarbonyl (C=S) groups is 1. The fourth-order valence-electron chi connectivity index (χ4n) is 3.51. The van der Waals surface area contributed by atoms with Gasteiger partial charge in [0.2, 0.25) is 5.88 Å². The van der Waals surface area contributed by atoms with Crippen molar-refractivity contribution >= 4 is 51.9 Å². The smallest absolute Gasteiger partial charge is 0.303 e. The van der Waals surface area contributed by atoms with Crippen LogP contribution in [0.4, 0.5) is 0 Å². The molecule has 0 aliphatic carbocycles. The molecule has 35 heavy (non-hydrogen) atoms. The van der Waals surface area contributed by atoms with Crippen LogP contribution >= 0.6 is 24.0 Å². The first-order chi connectivity index (χ1) is 16.8. The van der Waals surface area contributed by atoms with Crippen molar-refractivity contribution < 1.29 is 24.2 Å². The van der Waals surface area contributed by atoms with E-state index in [1.807, 2.05) is 13.0 Å². The average molecular weight is 512 g/mol. The van der Waals surface area contributed by atoms with E-state index in [0.717, 1.165) is 17.3 Å². The Balaban J connectivity index is 1.80. The Morgan fingerprint density at radius 1 is 1.20 bits per heavy atom. The van der Waals surface area contributed by atoms with Gasteiger partial charge in [0.05, 0.1) is 12.0 Å². The van der Waals surface area contributed by atoms with Gasteiger partial charge in [0.25, 0.3) is 11.5 Å². The first-order valence-electron chi connectivity index (χ1n) is 10.6. The van der Waals surface area contributed by atoms with Gasteiger partial charge in [0.15, 0.2) is 11.5 Å². The van der Waals surface area contributed by atoms with Crippen LogP contribution in [0.3, 0.4) is 0 Å². The van der Waals surface area contributed by atoms with E-state index in [9.17, 15) is 14.4 Å². The highest BCUT2D eigenvalue weighted by molar-refractivity contribution is 8.26. The van der Waals surface area contributed by atoms with Gasteiger partial charge >= 0.3 is 5.97 Å². The summed E-state index contributed by atoms with van der Waals surface area (Å²) in [5.74, 6) is -0.521. The number of ether oxygens (including phenoxy) is 2. The Morgan fingerprint density at radius 3 is 2.66 bits per heavy atom. The number of carbonyl (C=O) groups is 2. The molecular formula is C24H21N3O6S2. The third-order valence-corrected chi connectivity index (χ3v) is 6.62. The number of carboxylic acids is 1. The molecule has 1 aromatic carbocycles. The summed E-state index contributed by atoms with van der Waals surface area (Å²) in [6.45, 7) is 2.00. The molecule has 0 unspecified atom stereocenters. The van der Waals surface area contributed by atoms with Gasteiger partial charge in [-0.3, -0.25) is 23.7 Å². The van der Waals surface area contributed by atoms with Crippen LogP contribution in [-0.4, -0.2) is 49.2 Å². The van der Waals surface area contributed by atoms with Crippen LogP contribution in [0.5, 0.6) is 17.4 Å². The predicted octanol–water partition coefficient (Wildman–Crippen LogP) is 3.87. The minimum Gasteiger partial charge on any atom is -0.493 e. The lowest BCUT2D eigenvalue weighted by molar-refractivity contribution is -0.137. The topological polar surface area (TPSA) is 110 Å². The highest BCUT2D eigenvalue weighted by Gasteiger charge is 2.32. The van der Waals surface area contributed by atoms with E-state index < -0.39 is 17.4 Å². The molecule has 2 aromatic heterocycles. The van der Waals surface area contributed by atoms with Gasteiger partial charge in [-0.25, -0.2) is 0 Å². The molecule has 0 spiro atoms. The van der Waals surface area contributed by atoms with E-state index in [-0.39, 0.29) is 35.7 Å². The Bertz CT molecular complexity index is 1430. The molecule has 0 atom stereocenters. The fourth-order valence-corrected chi connectivity index (χ4v) is 4.80. The Labute approximate surface area is 210 Å². The van der Waals surface area contributed by atoms with Gasteiger partial charge in [-0.15, -0.1) is 0 Å². The van der Waals surface area contributed by atoms with Crippen LogP contribution in [-0.2, 0) is 9.59 Å². The number of thioether (sulfide) groups is 1. The zero-order valence-electron chi connectivity index (χ0n) is 18.9. The predicted molar refractivity (Wildman–Crippen MR) is 136 cm³/mol. The summed E-state index contributed by atoms with van der Waals surface area (Å²) in [7, 11) is 1.51. The molecule has 1 aliphatic rings. The summed E-state index contributed by atoms with van der Waals surface area (Å²) in [5.41, 5.74) is 0.844. The standard InChI is InChI=1S/C24H21N3O6S2/c1-14-7-5-11-26-20(14)25-21(33-17-9-4-3-8-16(17)32-2)15(22(26)30)13-18-23(31)27(24(34)35-18)12-6-10-19(28)29/h3-5,7-9,11,13H,6,10,12H2,1-2H3,(H,28,29)/b18-13+. The summed E-state index contributed by atoms with van der Waals surface area (Å²) >= 11 is 6.36. The summed E-state index contributed by atoms with van der Waals surface area (Å²) in [4.78, 5) is 43.5. The molecule has 1 N–H and O–H groups in total. The van der Waals surface area contributed by atoms with E-state index in [2.05, 4.69) is 4.98 Å². The Hall–Kier alpha value is -3.70. The maximum Gasteiger partial charge on any atom is 0.303 e. The van der Waals surface area contributed by atoms with Crippen LogP contribution in [0.25, 0.3) is 11.7 Å². The van der Waals surface area contributed by atoms with Gasteiger partial charge in [0.1, 0.15) is 15.5 Å². The van der Waals surface area contributed by atoms with Crippen molar-refractivity contribution in [2.45, 2.75) is 19.8 Å². The van der Waals surface area contributed by atoms with Gasteiger partial charge in [-0.1, -0.05) is 42.2 Å². The van der Waals surface area contributed by atoms with Crippen LogP contribution in [0, 0.1) is 6.92 Å². The molecule has 9 nitrogen and oxygen atoms in total. The Morgan fingerprint density at radius 2 is 1.94 bits per heavy atom. The summed E-state index contributed by atoms with van der Waals surface area (Å²) < 4.78 is 13.1. The second kappa shape index (κ2) is 10.3. The monoisotopic (exact) mass is 511 g/mol. The summed E-state index contributed by atoms with van der Waals surface area (Å²) in [6.07, 6.45) is 3.20. The first-order valence-corrected chi connectivity index (χ1v) is 11.8. The van der Waals surface area contributed by atoms with Gasteiger partial charge in [-0.2, -0.15) is 4.98 Å². The highest BCUT2D eigenvalue weighted by atomic mass is 32.2. The first kappa shape index (κ1) is 24.4.